The second-order valence-corrected chi connectivity index (χ2v) is 8.00. The lowest BCUT2D eigenvalue weighted by atomic mass is 10.1. The first kappa shape index (κ1) is 19.5. The first-order valence-corrected chi connectivity index (χ1v) is 9.73. The summed E-state index contributed by atoms with van der Waals surface area (Å²) in [7, 11) is -2.34. The van der Waals surface area contributed by atoms with Crippen LogP contribution in [0.25, 0.3) is 0 Å². The fraction of sp³-hybridized carbons (Fsp3) is 0.333. The lowest BCUT2D eigenvalue weighted by Gasteiger charge is -2.35. The van der Waals surface area contributed by atoms with Crippen molar-refractivity contribution in [1.82, 2.24) is 4.31 Å². The average molecular weight is 400 g/mol. The molecule has 1 aliphatic rings. The third kappa shape index (κ3) is 4.03. The minimum absolute atomic E-state index is 0.0834. The summed E-state index contributed by atoms with van der Waals surface area (Å²) in [5.41, 5.74) is -0.289. The number of hydrogen-bond acceptors (Lipinski definition) is 4. The zero-order valence-electron chi connectivity index (χ0n) is 14.6. The number of nitrogens with zero attached hydrogens (tertiary/aromatic N) is 2. The molecule has 1 fully saturated rings. The normalized spacial score (nSPS) is 16.4. The van der Waals surface area contributed by atoms with Crippen LogP contribution in [0, 0.1) is 0 Å². The van der Waals surface area contributed by atoms with Gasteiger partial charge in [-0.3, -0.25) is 0 Å². The molecule has 146 valence electrons. The molecule has 0 aliphatic carbocycles. The fourth-order valence-electron chi connectivity index (χ4n) is 3.04. The Labute approximate surface area is 156 Å². The van der Waals surface area contributed by atoms with Gasteiger partial charge in [0.05, 0.1) is 12.7 Å². The second kappa shape index (κ2) is 7.40. The number of hydrogen-bond donors (Lipinski definition) is 0. The van der Waals surface area contributed by atoms with Crippen molar-refractivity contribution >= 4 is 15.7 Å². The highest BCUT2D eigenvalue weighted by molar-refractivity contribution is 7.89. The number of halogens is 3. The van der Waals surface area contributed by atoms with Crippen LogP contribution in [0.2, 0.25) is 0 Å². The Kier molecular flexibility index (Phi) is 5.34. The van der Waals surface area contributed by atoms with E-state index < -0.39 is 21.8 Å². The molecule has 1 saturated heterocycles. The van der Waals surface area contributed by atoms with Crippen LogP contribution in [0.5, 0.6) is 5.75 Å². The van der Waals surface area contributed by atoms with Gasteiger partial charge in [-0.15, -0.1) is 0 Å². The van der Waals surface area contributed by atoms with Gasteiger partial charge in [-0.05, 0) is 30.3 Å². The Morgan fingerprint density at radius 2 is 1.63 bits per heavy atom. The molecule has 0 bridgehead atoms. The summed E-state index contributed by atoms with van der Waals surface area (Å²) in [5, 5.41) is 0. The van der Waals surface area contributed by atoms with Crippen molar-refractivity contribution in [1.29, 1.82) is 0 Å². The number of sulfonamides is 1. The Morgan fingerprint density at radius 1 is 0.963 bits per heavy atom. The molecule has 0 atom stereocenters. The molecule has 0 radical (unpaired) electrons. The van der Waals surface area contributed by atoms with Gasteiger partial charge in [0.1, 0.15) is 10.6 Å². The number of methoxy groups -OCH3 is 1. The number of para-hydroxylation sites is 1. The zero-order valence-corrected chi connectivity index (χ0v) is 15.4. The molecule has 1 aliphatic heterocycles. The predicted octanol–water partition coefficient (Wildman–Crippen LogP) is 3.22. The van der Waals surface area contributed by atoms with E-state index in [9.17, 15) is 21.6 Å². The molecule has 27 heavy (non-hydrogen) atoms. The highest BCUT2D eigenvalue weighted by Crippen LogP contribution is 2.32. The third-order valence-electron chi connectivity index (χ3n) is 4.46. The molecular formula is C18H19F3N2O3S. The standard InChI is InChI=1S/C18H19F3N2O3S/c1-26-16-7-2-3-8-17(16)27(24,25)23-11-9-22(10-12-23)15-6-4-5-14(13-15)18(19,20)21/h2-8,13H,9-12H2,1H3. The lowest BCUT2D eigenvalue weighted by molar-refractivity contribution is -0.137. The van der Waals surface area contributed by atoms with Gasteiger partial charge in [0.2, 0.25) is 10.0 Å². The first-order chi connectivity index (χ1) is 12.7. The zero-order chi connectivity index (χ0) is 19.7. The van der Waals surface area contributed by atoms with Crippen molar-refractivity contribution in [3.63, 3.8) is 0 Å². The quantitative estimate of drug-likeness (QED) is 0.791. The Balaban J connectivity index is 1.76. The first-order valence-electron chi connectivity index (χ1n) is 8.29. The predicted molar refractivity (Wildman–Crippen MR) is 95.4 cm³/mol. The molecule has 2 aromatic rings. The third-order valence-corrected chi connectivity index (χ3v) is 6.40. The minimum Gasteiger partial charge on any atom is -0.495 e. The monoisotopic (exact) mass is 400 g/mol. The summed E-state index contributed by atoms with van der Waals surface area (Å²) in [4.78, 5) is 1.84. The molecule has 9 heteroatoms. The molecule has 0 saturated carbocycles. The van der Waals surface area contributed by atoms with Gasteiger partial charge in [-0.25, -0.2) is 8.42 Å². The van der Waals surface area contributed by atoms with Crippen molar-refractivity contribution in [3.05, 3.63) is 54.1 Å². The largest absolute Gasteiger partial charge is 0.495 e. The topological polar surface area (TPSA) is 49.9 Å². The Hall–Kier alpha value is -2.26. The van der Waals surface area contributed by atoms with E-state index >= 15 is 0 Å². The van der Waals surface area contributed by atoms with Gasteiger partial charge >= 0.3 is 6.18 Å². The van der Waals surface area contributed by atoms with Crippen molar-refractivity contribution in [2.75, 3.05) is 38.2 Å². The van der Waals surface area contributed by atoms with E-state index in [-0.39, 0.29) is 23.7 Å². The molecule has 0 aromatic heterocycles. The van der Waals surface area contributed by atoms with E-state index in [0.29, 0.717) is 18.8 Å². The molecule has 0 N–H and O–H groups in total. The number of piperazine rings is 1. The molecule has 3 rings (SSSR count). The Morgan fingerprint density at radius 3 is 2.26 bits per heavy atom. The number of alkyl halides is 3. The van der Waals surface area contributed by atoms with Crippen molar-refractivity contribution in [2.24, 2.45) is 0 Å². The van der Waals surface area contributed by atoms with Gasteiger partial charge in [0, 0.05) is 31.9 Å². The molecule has 2 aromatic carbocycles. The molecule has 0 unspecified atom stereocenters. The minimum atomic E-state index is -4.41. The molecule has 0 amide bonds. The van der Waals surface area contributed by atoms with Gasteiger partial charge in [-0.1, -0.05) is 18.2 Å². The summed E-state index contributed by atoms with van der Waals surface area (Å²) in [6.07, 6.45) is -4.41. The summed E-state index contributed by atoms with van der Waals surface area (Å²) in [6.45, 7) is 0.957. The van der Waals surface area contributed by atoms with Gasteiger partial charge in [-0.2, -0.15) is 17.5 Å². The van der Waals surface area contributed by atoms with Crippen LogP contribution >= 0.6 is 0 Å². The maximum atomic E-state index is 12.9. The van der Waals surface area contributed by atoms with Crippen LogP contribution in [-0.2, 0) is 16.2 Å². The smallest absolute Gasteiger partial charge is 0.416 e. The average Bonchev–Trinajstić information content (AvgIpc) is 2.67. The number of rotatable bonds is 4. The van der Waals surface area contributed by atoms with E-state index in [1.165, 1.54) is 23.5 Å². The van der Waals surface area contributed by atoms with Crippen molar-refractivity contribution in [3.8, 4) is 5.75 Å². The summed E-state index contributed by atoms with van der Waals surface area (Å²) >= 11 is 0. The second-order valence-electron chi connectivity index (χ2n) is 6.09. The van der Waals surface area contributed by atoms with Crippen LogP contribution in [-0.4, -0.2) is 46.0 Å². The SMILES string of the molecule is COc1ccccc1S(=O)(=O)N1CCN(c2cccc(C(F)(F)F)c2)CC1. The van der Waals surface area contributed by atoms with Crippen LogP contribution in [0.4, 0.5) is 18.9 Å². The lowest BCUT2D eigenvalue weighted by Crippen LogP contribution is -2.48. The van der Waals surface area contributed by atoms with Gasteiger partial charge in [0.25, 0.3) is 0 Å². The van der Waals surface area contributed by atoms with E-state index in [4.69, 9.17) is 4.74 Å². The molecule has 0 spiro atoms. The van der Waals surface area contributed by atoms with Crippen molar-refractivity contribution < 1.29 is 26.3 Å². The van der Waals surface area contributed by atoms with Crippen LogP contribution in [0.1, 0.15) is 5.56 Å². The molecular weight excluding hydrogens is 381 g/mol. The maximum Gasteiger partial charge on any atom is 0.416 e. The summed E-state index contributed by atoms with van der Waals surface area (Å²) in [5.74, 6) is 0.262. The number of ether oxygens (including phenoxy) is 1. The van der Waals surface area contributed by atoms with E-state index in [1.54, 1.807) is 29.2 Å². The maximum absolute atomic E-state index is 12.9. The van der Waals surface area contributed by atoms with Gasteiger partial charge < -0.3 is 9.64 Å². The summed E-state index contributed by atoms with van der Waals surface area (Å²) < 4.78 is 70.9. The van der Waals surface area contributed by atoms with Gasteiger partial charge in [0.15, 0.2) is 0 Å². The van der Waals surface area contributed by atoms with E-state index in [2.05, 4.69) is 0 Å². The molecule has 5 nitrogen and oxygen atoms in total. The number of benzene rings is 2. The molecule has 1 heterocycles. The summed E-state index contributed by atoms with van der Waals surface area (Å²) in [6, 6.07) is 11.4. The number of anilines is 1. The highest BCUT2D eigenvalue weighted by atomic mass is 32.2. The van der Waals surface area contributed by atoms with E-state index in [1.807, 2.05) is 0 Å². The van der Waals surface area contributed by atoms with E-state index in [0.717, 1.165) is 12.1 Å². The van der Waals surface area contributed by atoms with Crippen LogP contribution in [0.3, 0.4) is 0 Å². The Bertz CT molecular complexity index is 908. The van der Waals surface area contributed by atoms with Crippen molar-refractivity contribution in [2.45, 2.75) is 11.1 Å². The fourth-order valence-corrected chi connectivity index (χ4v) is 4.61. The van der Waals surface area contributed by atoms with Crippen LogP contribution < -0.4 is 9.64 Å². The van der Waals surface area contributed by atoms with Crippen LogP contribution in [0.15, 0.2) is 53.4 Å². The highest BCUT2D eigenvalue weighted by Gasteiger charge is 2.33.